The van der Waals surface area contributed by atoms with E-state index < -0.39 is 11.8 Å². The molecule has 0 aliphatic carbocycles. The minimum atomic E-state index is -2.22. The lowest BCUT2D eigenvalue weighted by Gasteiger charge is -2.38. The van der Waals surface area contributed by atoms with Crippen molar-refractivity contribution in [2.24, 2.45) is 11.3 Å². The van der Waals surface area contributed by atoms with E-state index in [4.69, 9.17) is 4.74 Å². The molecule has 1 aliphatic heterocycles. The van der Waals surface area contributed by atoms with E-state index in [1.54, 1.807) is 6.92 Å². The highest BCUT2D eigenvalue weighted by Crippen LogP contribution is 2.40. The fraction of sp³-hybridized carbons (Fsp3) is 1.00. The van der Waals surface area contributed by atoms with Crippen molar-refractivity contribution in [1.82, 2.24) is 0 Å². The van der Waals surface area contributed by atoms with Crippen molar-refractivity contribution in [3.05, 3.63) is 0 Å². The summed E-state index contributed by atoms with van der Waals surface area (Å²) in [6, 6.07) is 0. The Bertz CT molecular complexity index is 140. The van der Waals surface area contributed by atoms with Crippen molar-refractivity contribution in [3.63, 3.8) is 0 Å². The van der Waals surface area contributed by atoms with Crippen LogP contribution in [0.1, 0.15) is 48.0 Å². The molecular weight excluding hydrogens is 198 g/mol. The Hall–Kier alpha value is -0.180. The second kappa shape index (κ2) is 9.08. The van der Waals surface area contributed by atoms with E-state index in [1.165, 1.54) is 0 Å². The molecule has 0 spiro atoms. The molecule has 1 heterocycles. The third-order valence-electron chi connectivity index (χ3n) is 2.78. The maximum absolute atomic E-state index is 12.5. The molecule has 1 rings (SSSR count). The summed E-state index contributed by atoms with van der Waals surface area (Å²) in [7, 11) is 0. The number of hydrogen-bond donors (Lipinski definition) is 0. The summed E-state index contributed by atoms with van der Waals surface area (Å²) >= 11 is 0. The molecule has 0 saturated carbocycles. The Morgan fingerprint density at radius 2 is 1.67 bits per heavy atom. The summed E-state index contributed by atoms with van der Waals surface area (Å²) in [6.45, 7) is 12.4. The maximum atomic E-state index is 12.5. The molecule has 15 heavy (non-hydrogen) atoms. The summed E-state index contributed by atoms with van der Waals surface area (Å²) in [6.07, 6.45) is -1.74. The van der Waals surface area contributed by atoms with E-state index in [0.717, 1.165) is 0 Å². The minimum Gasteiger partial charge on any atom is -0.381 e. The minimum absolute atomic E-state index is 0.0313. The first-order valence-corrected chi connectivity index (χ1v) is 5.93. The molecule has 0 aromatic rings. The molecule has 0 aromatic heterocycles. The molecule has 94 valence electrons. The van der Waals surface area contributed by atoms with E-state index >= 15 is 0 Å². The zero-order valence-electron chi connectivity index (χ0n) is 10.9. The van der Waals surface area contributed by atoms with Crippen LogP contribution in [0.3, 0.4) is 0 Å². The average molecular weight is 224 g/mol. The predicted molar refractivity (Wildman–Crippen MR) is 61.4 cm³/mol. The summed E-state index contributed by atoms with van der Waals surface area (Å²) in [5.41, 5.74) is -0.821. The normalized spacial score (nSPS) is 29.8. The van der Waals surface area contributed by atoms with Gasteiger partial charge in [0.25, 0.3) is 0 Å². The van der Waals surface area contributed by atoms with Gasteiger partial charge in [-0.05, 0) is 12.3 Å². The van der Waals surface area contributed by atoms with Crippen LogP contribution in [0.15, 0.2) is 0 Å². The topological polar surface area (TPSA) is 9.23 Å². The van der Waals surface area contributed by atoms with Gasteiger partial charge in [0.1, 0.15) is 0 Å². The van der Waals surface area contributed by atoms with Gasteiger partial charge in [-0.3, -0.25) is 0 Å². The van der Waals surface area contributed by atoms with Crippen LogP contribution in [0, 0.1) is 11.3 Å². The van der Waals surface area contributed by atoms with Crippen LogP contribution in [0.25, 0.3) is 0 Å². The van der Waals surface area contributed by atoms with Crippen molar-refractivity contribution in [1.29, 1.82) is 0 Å². The predicted octanol–water partition coefficient (Wildman–Crippen LogP) is 4.37. The summed E-state index contributed by atoms with van der Waals surface area (Å²) in [5.74, 6) is -0.0313. The van der Waals surface area contributed by atoms with Crippen LogP contribution >= 0.6 is 0 Å². The standard InChI is InChI=1S/C8H14F2O.2C2H6/c1-6-5-11-4-3-8(6,2)7(9)10;2*1-2/h6-7H,3-5H2,1-2H3;2*1-2H3. The van der Waals surface area contributed by atoms with Crippen molar-refractivity contribution in [2.75, 3.05) is 13.2 Å². The molecular formula is C12H26F2O. The Morgan fingerprint density at radius 1 is 1.20 bits per heavy atom. The van der Waals surface area contributed by atoms with Crippen molar-refractivity contribution in [3.8, 4) is 0 Å². The SMILES string of the molecule is CC.CC.CC1COCCC1(C)C(F)F. The molecule has 0 aromatic carbocycles. The Kier molecular flexibility index (Phi) is 10.4. The first-order valence-electron chi connectivity index (χ1n) is 5.93. The summed E-state index contributed by atoms with van der Waals surface area (Å²) < 4.78 is 30.1. The molecule has 1 saturated heterocycles. The van der Waals surface area contributed by atoms with E-state index in [-0.39, 0.29) is 5.92 Å². The van der Waals surface area contributed by atoms with Gasteiger partial charge in [-0.25, -0.2) is 8.78 Å². The van der Waals surface area contributed by atoms with Gasteiger partial charge in [-0.2, -0.15) is 0 Å². The highest BCUT2D eigenvalue weighted by molar-refractivity contribution is 4.84. The average Bonchev–Trinajstić information content (AvgIpc) is 2.28. The molecule has 0 bridgehead atoms. The number of rotatable bonds is 1. The van der Waals surface area contributed by atoms with Gasteiger partial charge < -0.3 is 4.74 Å². The van der Waals surface area contributed by atoms with Crippen LogP contribution in [-0.2, 0) is 4.74 Å². The second-order valence-corrected chi connectivity index (χ2v) is 3.53. The molecule has 1 fully saturated rings. The number of alkyl halides is 2. The monoisotopic (exact) mass is 224 g/mol. The second-order valence-electron chi connectivity index (χ2n) is 3.53. The quantitative estimate of drug-likeness (QED) is 0.642. The van der Waals surface area contributed by atoms with Crippen LogP contribution in [0.4, 0.5) is 8.78 Å². The largest absolute Gasteiger partial charge is 0.381 e. The number of halogens is 2. The molecule has 3 heteroatoms. The van der Waals surface area contributed by atoms with Gasteiger partial charge >= 0.3 is 0 Å². The van der Waals surface area contributed by atoms with Crippen molar-refractivity contribution >= 4 is 0 Å². The molecule has 2 unspecified atom stereocenters. The Morgan fingerprint density at radius 3 is 1.93 bits per heavy atom. The van der Waals surface area contributed by atoms with Crippen LogP contribution in [0.2, 0.25) is 0 Å². The van der Waals surface area contributed by atoms with Crippen LogP contribution in [-0.4, -0.2) is 19.6 Å². The summed E-state index contributed by atoms with van der Waals surface area (Å²) in [4.78, 5) is 0. The third-order valence-corrected chi connectivity index (χ3v) is 2.78. The molecule has 0 N–H and O–H groups in total. The van der Waals surface area contributed by atoms with Gasteiger partial charge in [0.05, 0.1) is 0 Å². The van der Waals surface area contributed by atoms with Crippen molar-refractivity contribution in [2.45, 2.75) is 54.4 Å². The first-order chi connectivity index (χ1) is 7.07. The maximum Gasteiger partial charge on any atom is 0.244 e. The molecule has 1 aliphatic rings. The Balaban J connectivity index is 0. The van der Waals surface area contributed by atoms with Crippen molar-refractivity contribution < 1.29 is 13.5 Å². The van der Waals surface area contributed by atoms with E-state index in [2.05, 4.69) is 0 Å². The number of ether oxygens (including phenoxy) is 1. The van der Waals surface area contributed by atoms with Gasteiger partial charge in [0, 0.05) is 18.6 Å². The fourth-order valence-electron chi connectivity index (χ4n) is 1.31. The highest BCUT2D eigenvalue weighted by atomic mass is 19.3. The lowest BCUT2D eigenvalue weighted by molar-refractivity contribution is -0.107. The van der Waals surface area contributed by atoms with Crippen LogP contribution in [0.5, 0.6) is 0 Å². The first kappa shape index (κ1) is 17.2. The lowest BCUT2D eigenvalue weighted by atomic mass is 9.75. The molecule has 1 nitrogen and oxygen atoms in total. The van der Waals surface area contributed by atoms with Gasteiger partial charge in [-0.1, -0.05) is 41.5 Å². The van der Waals surface area contributed by atoms with E-state index in [1.807, 2.05) is 34.6 Å². The van der Waals surface area contributed by atoms with Gasteiger partial charge in [-0.15, -0.1) is 0 Å². The van der Waals surface area contributed by atoms with E-state index in [9.17, 15) is 8.78 Å². The zero-order chi connectivity index (χ0) is 12.5. The van der Waals surface area contributed by atoms with Crippen LogP contribution < -0.4 is 0 Å². The zero-order valence-corrected chi connectivity index (χ0v) is 10.9. The molecule has 0 radical (unpaired) electrons. The fourth-order valence-corrected chi connectivity index (χ4v) is 1.31. The summed E-state index contributed by atoms with van der Waals surface area (Å²) in [5, 5.41) is 0. The Labute approximate surface area is 93.2 Å². The van der Waals surface area contributed by atoms with Gasteiger partial charge in [0.2, 0.25) is 6.43 Å². The third kappa shape index (κ3) is 4.92. The lowest BCUT2D eigenvalue weighted by Crippen LogP contribution is -2.40. The van der Waals surface area contributed by atoms with Gasteiger partial charge in [0.15, 0.2) is 0 Å². The molecule has 0 amide bonds. The van der Waals surface area contributed by atoms with E-state index in [0.29, 0.717) is 19.6 Å². The smallest absolute Gasteiger partial charge is 0.244 e. The highest BCUT2D eigenvalue weighted by Gasteiger charge is 2.42. The number of hydrogen-bond acceptors (Lipinski definition) is 1. The molecule has 2 atom stereocenters.